The van der Waals surface area contributed by atoms with Crippen molar-refractivity contribution in [1.82, 2.24) is 5.32 Å². The van der Waals surface area contributed by atoms with E-state index in [2.05, 4.69) is 43.4 Å². The van der Waals surface area contributed by atoms with Crippen LogP contribution in [0, 0.1) is 5.41 Å². The van der Waals surface area contributed by atoms with Crippen LogP contribution in [0.25, 0.3) is 0 Å². The Morgan fingerprint density at radius 3 is 2.84 bits per heavy atom. The van der Waals surface area contributed by atoms with Crippen molar-refractivity contribution in [2.75, 3.05) is 20.3 Å². The molecule has 0 aliphatic heterocycles. The van der Waals surface area contributed by atoms with Crippen molar-refractivity contribution < 1.29 is 9.84 Å². The summed E-state index contributed by atoms with van der Waals surface area (Å²) in [6.07, 6.45) is 2.29. The molecule has 0 saturated heterocycles. The van der Waals surface area contributed by atoms with Crippen molar-refractivity contribution in [3.05, 3.63) is 35.4 Å². The Morgan fingerprint density at radius 1 is 1.42 bits per heavy atom. The first-order valence-electron chi connectivity index (χ1n) is 7.02. The minimum absolute atomic E-state index is 0.0135. The first kappa shape index (κ1) is 14.5. The van der Waals surface area contributed by atoms with Crippen LogP contribution < -0.4 is 5.32 Å². The van der Waals surface area contributed by atoms with E-state index in [0.717, 1.165) is 12.8 Å². The predicted molar refractivity (Wildman–Crippen MR) is 77.2 cm³/mol. The van der Waals surface area contributed by atoms with Crippen molar-refractivity contribution in [3.63, 3.8) is 0 Å². The molecule has 0 bridgehead atoms. The van der Waals surface area contributed by atoms with Crippen LogP contribution in [0.4, 0.5) is 0 Å². The van der Waals surface area contributed by atoms with Gasteiger partial charge in [0, 0.05) is 13.2 Å². The maximum absolute atomic E-state index is 9.46. The first-order valence-corrected chi connectivity index (χ1v) is 7.02. The largest absolute Gasteiger partial charge is 0.395 e. The topological polar surface area (TPSA) is 41.5 Å². The van der Waals surface area contributed by atoms with Crippen molar-refractivity contribution in [1.29, 1.82) is 0 Å². The lowest BCUT2D eigenvalue weighted by Crippen LogP contribution is -2.46. The molecule has 0 amide bonds. The fourth-order valence-electron chi connectivity index (χ4n) is 2.97. The van der Waals surface area contributed by atoms with E-state index in [0.29, 0.717) is 6.61 Å². The van der Waals surface area contributed by atoms with Gasteiger partial charge in [0.15, 0.2) is 0 Å². The Labute approximate surface area is 116 Å². The Bertz CT molecular complexity index is 417. The smallest absolute Gasteiger partial charge is 0.0638 e. The highest BCUT2D eigenvalue weighted by Gasteiger charge is 2.36. The van der Waals surface area contributed by atoms with E-state index in [1.165, 1.54) is 11.1 Å². The van der Waals surface area contributed by atoms with Crippen LogP contribution in [0.5, 0.6) is 0 Å². The summed E-state index contributed by atoms with van der Waals surface area (Å²) in [5.74, 6) is 0. The molecule has 2 atom stereocenters. The number of benzene rings is 1. The molecule has 106 valence electrons. The lowest BCUT2D eigenvalue weighted by molar-refractivity contribution is 0.0987. The first-order chi connectivity index (χ1) is 9.08. The van der Waals surface area contributed by atoms with Gasteiger partial charge >= 0.3 is 0 Å². The third-order valence-electron chi connectivity index (χ3n) is 4.18. The number of rotatable bonds is 5. The molecule has 2 unspecified atom stereocenters. The SMILES string of the molecule is COCC(CO)NC1c2ccccc2CCC1(C)C. The van der Waals surface area contributed by atoms with Crippen molar-refractivity contribution in [2.24, 2.45) is 5.41 Å². The minimum Gasteiger partial charge on any atom is -0.395 e. The highest BCUT2D eigenvalue weighted by molar-refractivity contribution is 5.34. The average molecular weight is 263 g/mol. The summed E-state index contributed by atoms with van der Waals surface area (Å²) in [4.78, 5) is 0. The van der Waals surface area contributed by atoms with Crippen LogP contribution in [-0.4, -0.2) is 31.5 Å². The number of aliphatic hydroxyl groups is 1. The fourth-order valence-corrected chi connectivity index (χ4v) is 2.97. The zero-order valence-corrected chi connectivity index (χ0v) is 12.1. The summed E-state index contributed by atoms with van der Waals surface area (Å²) in [6.45, 7) is 5.22. The van der Waals surface area contributed by atoms with Gasteiger partial charge in [-0.15, -0.1) is 0 Å². The van der Waals surface area contributed by atoms with Gasteiger partial charge in [-0.25, -0.2) is 0 Å². The number of hydrogen-bond donors (Lipinski definition) is 2. The Balaban J connectivity index is 2.25. The molecule has 0 spiro atoms. The van der Waals surface area contributed by atoms with Gasteiger partial charge in [-0.05, 0) is 29.4 Å². The van der Waals surface area contributed by atoms with E-state index in [1.54, 1.807) is 7.11 Å². The molecule has 0 heterocycles. The Kier molecular flexibility index (Phi) is 4.61. The number of fused-ring (bicyclic) bond motifs is 1. The van der Waals surface area contributed by atoms with Crippen molar-refractivity contribution >= 4 is 0 Å². The third kappa shape index (κ3) is 3.16. The molecular formula is C16H25NO2. The second kappa shape index (κ2) is 6.04. The van der Waals surface area contributed by atoms with Gasteiger partial charge in [0.1, 0.15) is 0 Å². The summed E-state index contributed by atoms with van der Waals surface area (Å²) in [5.41, 5.74) is 2.98. The summed E-state index contributed by atoms with van der Waals surface area (Å²) in [7, 11) is 1.67. The van der Waals surface area contributed by atoms with Crippen molar-refractivity contribution in [2.45, 2.75) is 38.8 Å². The van der Waals surface area contributed by atoms with Gasteiger partial charge in [-0.3, -0.25) is 0 Å². The van der Waals surface area contributed by atoms with Crippen molar-refractivity contribution in [3.8, 4) is 0 Å². The molecule has 0 radical (unpaired) electrons. The predicted octanol–water partition coefficient (Wildman–Crippen LogP) is 2.30. The second-order valence-electron chi connectivity index (χ2n) is 6.12. The van der Waals surface area contributed by atoms with E-state index >= 15 is 0 Å². The van der Waals surface area contributed by atoms with Gasteiger partial charge in [-0.1, -0.05) is 38.1 Å². The lowest BCUT2D eigenvalue weighted by atomic mass is 9.70. The van der Waals surface area contributed by atoms with Crippen LogP contribution in [0.1, 0.15) is 37.4 Å². The molecule has 1 aliphatic carbocycles. The van der Waals surface area contributed by atoms with Gasteiger partial charge in [0.2, 0.25) is 0 Å². The van der Waals surface area contributed by atoms with Gasteiger partial charge in [0.05, 0.1) is 19.3 Å². The van der Waals surface area contributed by atoms with E-state index in [4.69, 9.17) is 4.74 Å². The van der Waals surface area contributed by atoms with Crippen LogP contribution in [0.15, 0.2) is 24.3 Å². The molecule has 1 aliphatic rings. The molecule has 0 fully saturated rings. The number of methoxy groups -OCH3 is 1. The summed E-state index contributed by atoms with van der Waals surface area (Å²) in [5, 5.41) is 13.0. The molecule has 2 N–H and O–H groups in total. The highest BCUT2D eigenvalue weighted by atomic mass is 16.5. The summed E-state index contributed by atoms with van der Waals surface area (Å²) in [6, 6.07) is 8.87. The number of nitrogens with one attached hydrogen (secondary N) is 1. The van der Waals surface area contributed by atoms with E-state index in [-0.39, 0.29) is 24.1 Å². The number of aliphatic hydroxyl groups excluding tert-OH is 1. The lowest BCUT2D eigenvalue weighted by Gasteiger charge is -2.42. The summed E-state index contributed by atoms with van der Waals surface area (Å²) >= 11 is 0. The maximum atomic E-state index is 9.46. The molecule has 2 rings (SSSR count). The van der Waals surface area contributed by atoms with Crippen LogP contribution in [0.2, 0.25) is 0 Å². The molecule has 0 aromatic heterocycles. The van der Waals surface area contributed by atoms with Gasteiger partial charge in [0.25, 0.3) is 0 Å². The van der Waals surface area contributed by atoms with E-state index < -0.39 is 0 Å². The minimum atomic E-state index is -0.0135. The molecule has 3 heteroatoms. The highest BCUT2D eigenvalue weighted by Crippen LogP contribution is 2.43. The monoisotopic (exact) mass is 263 g/mol. The molecule has 1 aromatic rings. The fraction of sp³-hybridized carbons (Fsp3) is 0.625. The van der Waals surface area contributed by atoms with Crippen LogP contribution in [0.3, 0.4) is 0 Å². The van der Waals surface area contributed by atoms with Gasteiger partial charge in [-0.2, -0.15) is 0 Å². The molecule has 19 heavy (non-hydrogen) atoms. The number of aryl methyl sites for hydroxylation is 1. The van der Waals surface area contributed by atoms with E-state index in [1.807, 2.05) is 0 Å². The Hall–Kier alpha value is -0.900. The zero-order chi connectivity index (χ0) is 13.9. The third-order valence-corrected chi connectivity index (χ3v) is 4.18. The second-order valence-corrected chi connectivity index (χ2v) is 6.12. The van der Waals surface area contributed by atoms with Crippen LogP contribution >= 0.6 is 0 Å². The molecule has 0 saturated carbocycles. The van der Waals surface area contributed by atoms with E-state index in [9.17, 15) is 5.11 Å². The van der Waals surface area contributed by atoms with Crippen LogP contribution in [-0.2, 0) is 11.2 Å². The average Bonchev–Trinajstić information content (AvgIpc) is 2.41. The molecule has 3 nitrogen and oxygen atoms in total. The number of hydrogen-bond acceptors (Lipinski definition) is 3. The number of ether oxygens (including phenoxy) is 1. The standard InChI is InChI=1S/C16H25NO2/c1-16(2)9-8-12-6-4-5-7-14(12)15(16)17-13(10-18)11-19-3/h4-7,13,15,17-18H,8-11H2,1-3H3. The summed E-state index contributed by atoms with van der Waals surface area (Å²) < 4.78 is 5.17. The molecular weight excluding hydrogens is 238 g/mol. The van der Waals surface area contributed by atoms with Gasteiger partial charge < -0.3 is 15.2 Å². The normalized spacial score (nSPS) is 22.8. The Morgan fingerprint density at radius 2 is 2.16 bits per heavy atom. The maximum Gasteiger partial charge on any atom is 0.0638 e. The molecule has 1 aromatic carbocycles. The zero-order valence-electron chi connectivity index (χ0n) is 12.1. The quantitative estimate of drug-likeness (QED) is 0.856.